The van der Waals surface area contributed by atoms with Crippen molar-refractivity contribution in [2.75, 3.05) is 6.54 Å². The summed E-state index contributed by atoms with van der Waals surface area (Å²) in [6.45, 7) is 0.927. The largest absolute Gasteiger partial charge is 0.335 e. The Balaban J connectivity index is 1.47. The lowest BCUT2D eigenvalue weighted by atomic mass is 9.96. The van der Waals surface area contributed by atoms with Crippen LogP contribution in [0.1, 0.15) is 48.2 Å². The first-order valence-electron chi connectivity index (χ1n) is 8.47. The molecule has 0 N–H and O–H groups in total. The Bertz CT molecular complexity index is 871. The number of thiophene rings is 1. The van der Waals surface area contributed by atoms with Crippen molar-refractivity contribution in [3.8, 4) is 0 Å². The number of carbonyl (C=O) groups excluding carboxylic acids is 1. The first-order chi connectivity index (χ1) is 11.3. The Hall–Kier alpha value is -1.40. The van der Waals surface area contributed by atoms with Gasteiger partial charge >= 0.3 is 0 Å². The molecule has 2 fully saturated rings. The summed E-state index contributed by atoms with van der Waals surface area (Å²) < 4.78 is 2.09. The van der Waals surface area contributed by atoms with Gasteiger partial charge in [-0.05, 0) is 37.7 Å². The predicted octanol–water partition coefficient (Wildman–Crippen LogP) is 4.41. The van der Waals surface area contributed by atoms with Crippen LogP contribution in [0.5, 0.6) is 0 Å². The van der Waals surface area contributed by atoms with Gasteiger partial charge in [0.25, 0.3) is 5.91 Å². The number of nitrogens with zero attached hydrogens (tertiary/aromatic N) is 3. The Morgan fingerprint density at radius 2 is 2.09 bits per heavy atom. The summed E-state index contributed by atoms with van der Waals surface area (Å²) in [5.41, 5.74) is 1.08. The average molecular weight is 345 g/mol. The van der Waals surface area contributed by atoms with Gasteiger partial charge in [0.05, 0.1) is 10.4 Å². The molecule has 1 atom stereocenters. The summed E-state index contributed by atoms with van der Waals surface area (Å²) in [6.07, 6.45) is 9.67. The first kappa shape index (κ1) is 14.0. The van der Waals surface area contributed by atoms with Crippen LogP contribution in [0.3, 0.4) is 0 Å². The van der Waals surface area contributed by atoms with E-state index in [4.69, 9.17) is 0 Å². The van der Waals surface area contributed by atoms with Crippen LogP contribution in [0.2, 0.25) is 0 Å². The minimum absolute atomic E-state index is 0.228. The van der Waals surface area contributed by atoms with Gasteiger partial charge in [-0.15, -0.1) is 22.7 Å². The zero-order chi connectivity index (χ0) is 15.4. The minimum atomic E-state index is 0.228. The molecule has 6 heteroatoms. The molecule has 4 heterocycles. The molecule has 1 saturated heterocycles. The molecule has 0 radical (unpaired) electrons. The van der Waals surface area contributed by atoms with Crippen LogP contribution in [0.15, 0.2) is 17.6 Å². The van der Waals surface area contributed by atoms with Crippen LogP contribution in [-0.4, -0.2) is 32.8 Å². The van der Waals surface area contributed by atoms with E-state index in [-0.39, 0.29) is 5.91 Å². The maximum Gasteiger partial charge on any atom is 0.264 e. The minimum Gasteiger partial charge on any atom is -0.335 e. The number of likely N-dealkylation sites (tertiary alicyclic amines) is 1. The molecule has 0 spiro atoms. The summed E-state index contributed by atoms with van der Waals surface area (Å²) in [5, 5.41) is 2.04. The van der Waals surface area contributed by atoms with Gasteiger partial charge in [-0.25, -0.2) is 4.98 Å². The fourth-order valence-corrected chi connectivity index (χ4v) is 6.13. The standard InChI is InChI=1S/C17H19N3OS2/c21-16(19-7-3-6-12(19)11-4-1-2-5-11)14-10-13-15(23-14)18-17-20(13)8-9-22-17/h8-12H,1-7H2/t12-/m0/s1. The van der Waals surface area contributed by atoms with Crippen molar-refractivity contribution in [3.05, 3.63) is 22.5 Å². The zero-order valence-corrected chi connectivity index (χ0v) is 14.5. The molecule has 5 rings (SSSR count). The number of rotatable bonds is 2. The summed E-state index contributed by atoms with van der Waals surface area (Å²) >= 11 is 3.19. The number of hydrogen-bond acceptors (Lipinski definition) is 4. The van der Waals surface area contributed by atoms with Gasteiger partial charge in [0, 0.05) is 24.2 Å². The zero-order valence-electron chi connectivity index (χ0n) is 12.9. The molecular formula is C17H19N3OS2. The lowest BCUT2D eigenvalue weighted by Gasteiger charge is -2.29. The van der Waals surface area contributed by atoms with Crippen LogP contribution < -0.4 is 0 Å². The Morgan fingerprint density at radius 1 is 1.22 bits per heavy atom. The fourth-order valence-electron chi connectivity index (χ4n) is 4.37. The second-order valence-electron chi connectivity index (χ2n) is 6.72. The number of hydrogen-bond donors (Lipinski definition) is 0. The van der Waals surface area contributed by atoms with Crippen molar-refractivity contribution in [2.45, 2.75) is 44.6 Å². The molecule has 0 aromatic carbocycles. The fraction of sp³-hybridized carbons (Fsp3) is 0.529. The van der Waals surface area contributed by atoms with Gasteiger partial charge in [-0.1, -0.05) is 12.8 Å². The van der Waals surface area contributed by atoms with Crippen molar-refractivity contribution in [1.29, 1.82) is 0 Å². The predicted molar refractivity (Wildman–Crippen MR) is 94.5 cm³/mol. The number of imidazole rings is 1. The highest BCUT2D eigenvalue weighted by molar-refractivity contribution is 7.21. The summed E-state index contributed by atoms with van der Waals surface area (Å²) in [7, 11) is 0. The van der Waals surface area contributed by atoms with Gasteiger partial charge in [0.15, 0.2) is 4.96 Å². The molecule has 4 nitrogen and oxygen atoms in total. The Labute approximate surface area is 142 Å². The normalized spacial score (nSPS) is 22.8. The molecular weight excluding hydrogens is 326 g/mol. The van der Waals surface area contributed by atoms with Crippen LogP contribution in [0.4, 0.5) is 0 Å². The lowest BCUT2D eigenvalue weighted by Crippen LogP contribution is -2.39. The van der Waals surface area contributed by atoms with Crippen molar-refractivity contribution < 1.29 is 4.79 Å². The Kier molecular flexibility index (Phi) is 3.23. The topological polar surface area (TPSA) is 37.6 Å². The van der Waals surface area contributed by atoms with E-state index in [1.807, 2.05) is 17.6 Å². The van der Waals surface area contributed by atoms with E-state index >= 15 is 0 Å². The Morgan fingerprint density at radius 3 is 2.96 bits per heavy atom. The molecule has 1 aliphatic heterocycles. The smallest absolute Gasteiger partial charge is 0.264 e. The van der Waals surface area contributed by atoms with E-state index in [1.54, 1.807) is 22.7 Å². The molecule has 23 heavy (non-hydrogen) atoms. The molecule has 120 valence electrons. The first-order valence-corrected chi connectivity index (χ1v) is 10.2. The summed E-state index contributed by atoms with van der Waals surface area (Å²) in [6, 6.07) is 2.52. The molecule has 1 saturated carbocycles. The van der Waals surface area contributed by atoms with Crippen LogP contribution >= 0.6 is 22.7 Å². The molecule has 0 bridgehead atoms. The summed E-state index contributed by atoms with van der Waals surface area (Å²) in [5.74, 6) is 0.960. The van der Waals surface area contributed by atoms with Crippen molar-refractivity contribution in [1.82, 2.24) is 14.3 Å². The van der Waals surface area contributed by atoms with Crippen LogP contribution in [0, 0.1) is 5.92 Å². The second-order valence-corrected chi connectivity index (χ2v) is 8.62. The third kappa shape index (κ3) is 2.15. The maximum absolute atomic E-state index is 13.1. The maximum atomic E-state index is 13.1. The van der Waals surface area contributed by atoms with Crippen LogP contribution in [-0.2, 0) is 0 Å². The molecule has 1 amide bonds. The van der Waals surface area contributed by atoms with Crippen molar-refractivity contribution in [3.63, 3.8) is 0 Å². The van der Waals surface area contributed by atoms with E-state index in [0.29, 0.717) is 6.04 Å². The van der Waals surface area contributed by atoms with E-state index in [1.165, 1.54) is 32.1 Å². The highest BCUT2D eigenvalue weighted by Gasteiger charge is 2.36. The van der Waals surface area contributed by atoms with Gasteiger partial charge in [-0.2, -0.15) is 0 Å². The molecule has 3 aromatic heterocycles. The molecule has 2 aliphatic rings. The highest BCUT2D eigenvalue weighted by atomic mass is 32.1. The number of thiazole rings is 1. The van der Waals surface area contributed by atoms with Gasteiger partial charge in [-0.3, -0.25) is 9.20 Å². The number of fused-ring (bicyclic) bond motifs is 3. The molecule has 1 aliphatic carbocycles. The monoisotopic (exact) mass is 345 g/mol. The van der Waals surface area contributed by atoms with E-state index in [9.17, 15) is 4.79 Å². The second kappa shape index (κ2) is 5.31. The third-order valence-corrected chi connectivity index (χ3v) is 7.22. The number of amides is 1. The number of carbonyl (C=O) groups is 1. The third-order valence-electron chi connectivity index (χ3n) is 5.45. The lowest BCUT2D eigenvalue weighted by molar-refractivity contribution is 0.0694. The highest BCUT2D eigenvalue weighted by Crippen LogP contribution is 2.37. The van der Waals surface area contributed by atoms with Crippen molar-refractivity contribution in [2.24, 2.45) is 5.92 Å². The van der Waals surface area contributed by atoms with E-state index in [2.05, 4.69) is 14.3 Å². The SMILES string of the molecule is O=C(c1cc2c(nc3sccn32)s1)N1CCC[C@H]1C1CCCC1. The van der Waals surface area contributed by atoms with E-state index in [0.717, 1.165) is 39.1 Å². The quantitative estimate of drug-likeness (QED) is 0.690. The van der Waals surface area contributed by atoms with Gasteiger partial charge in [0.2, 0.25) is 0 Å². The number of aromatic nitrogens is 2. The molecule has 3 aromatic rings. The summed E-state index contributed by atoms with van der Waals surface area (Å²) in [4.78, 5) is 22.7. The van der Waals surface area contributed by atoms with E-state index < -0.39 is 0 Å². The van der Waals surface area contributed by atoms with Crippen LogP contribution in [0.25, 0.3) is 15.3 Å². The van der Waals surface area contributed by atoms with Gasteiger partial charge in [0.1, 0.15) is 4.83 Å². The van der Waals surface area contributed by atoms with Crippen molar-refractivity contribution >= 4 is 43.9 Å². The van der Waals surface area contributed by atoms with Gasteiger partial charge < -0.3 is 4.90 Å². The average Bonchev–Trinajstić information content (AvgIpc) is 3.29. The molecule has 0 unspecified atom stereocenters.